The van der Waals surface area contributed by atoms with Crippen molar-refractivity contribution in [1.29, 1.82) is 0 Å². The molecular weight excluding hydrogens is 394 g/mol. The molecule has 170 valence electrons. The van der Waals surface area contributed by atoms with Crippen molar-refractivity contribution in [3.63, 3.8) is 0 Å². The van der Waals surface area contributed by atoms with Gasteiger partial charge in [0, 0.05) is 6.92 Å². The van der Waals surface area contributed by atoms with Gasteiger partial charge in [0.05, 0.1) is 33.4 Å². The van der Waals surface area contributed by atoms with E-state index in [1.54, 1.807) is 0 Å². The fourth-order valence-corrected chi connectivity index (χ4v) is 8.10. The van der Waals surface area contributed by atoms with E-state index in [4.69, 9.17) is 4.74 Å². The molecule has 1 aliphatic rings. The van der Waals surface area contributed by atoms with E-state index in [9.17, 15) is 15.0 Å². The van der Waals surface area contributed by atoms with Crippen LogP contribution in [0.5, 0.6) is 5.75 Å². The average Bonchev–Trinajstić information content (AvgIpc) is 2.75. The van der Waals surface area contributed by atoms with E-state index < -0.39 is 13.6 Å². The molecule has 1 fully saturated rings. The highest BCUT2D eigenvalue weighted by Crippen LogP contribution is 2.39. The molecule has 1 saturated carbocycles. The Hall–Kier alpha value is -1.37. The van der Waals surface area contributed by atoms with E-state index in [1.165, 1.54) is 45.1 Å². The van der Waals surface area contributed by atoms with Crippen LogP contribution in [0.15, 0.2) is 24.3 Å². The summed E-state index contributed by atoms with van der Waals surface area (Å²) in [7, 11) is -1.15. The first-order valence-corrected chi connectivity index (χ1v) is 14.8. The summed E-state index contributed by atoms with van der Waals surface area (Å²) in [6.07, 6.45) is 9.41. The van der Waals surface area contributed by atoms with Gasteiger partial charge in [-0.25, -0.2) is 0 Å². The molecule has 1 aromatic rings. The molecule has 0 unspecified atom stereocenters. The highest BCUT2D eigenvalue weighted by molar-refractivity contribution is 6.78. The van der Waals surface area contributed by atoms with Crippen molar-refractivity contribution in [2.24, 2.45) is 0 Å². The maximum Gasteiger partial charge on any atom is 0.217 e. The zero-order valence-electron chi connectivity index (χ0n) is 19.1. The second kappa shape index (κ2) is 11.9. The normalized spacial score (nSPS) is 15.8. The number of benzene rings is 1. The Labute approximate surface area is 183 Å². The summed E-state index contributed by atoms with van der Waals surface area (Å²) in [5.41, 5.74) is 1.11. The number of ether oxygens (including phenoxy) is 1. The molecule has 3 N–H and O–H groups in total. The lowest BCUT2D eigenvalue weighted by molar-refractivity contribution is -0.122. The van der Waals surface area contributed by atoms with Crippen LogP contribution < -0.4 is 10.1 Å². The number of aliphatic hydroxyl groups excluding tert-OH is 2. The van der Waals surface area contributed by atoms with Gasteiger partial charge in [-0.2, -0.15) is 0 Å². The first kappa shape index (κ1) is 24.9. The minimum absolute atomic E-state index is 0.253. The number of hydrogen-bond acceptors (Lipinski definition) is 4. The molecule has 0 heterocycles. The molecule has 1 aromatic carbocycles. The second-order valence-corrected chi connectivity index (χ2v) is 15.0. The molecule has 0 bridgehead atoms. The van der Waals surface area contributed by atoms with Crippen LogP contribution >= 0.6 is 0 Å². The second-order valence-electron chi connectivity index (χ2n) is 9.70. The number of aliphatic hydroxyl groups is 2. The Morgan fingerprint density at radius 2 is 1.77 bits per heavy atom. The van der Waals surface area contributed by atoms with E-state index in [2.05, 4.69) is 18.4 Å². The minimum Gasteiger partial charge on any atom is -0.494 e. The Kier molecular flexibility index (Phi) is 9.85. The maximum absolute atomic E-state index is 11.4. The monoisotopic (exact) mass is 435 g/mol. The first-order valence-electron chi connectivity index (χ1n) is 11.5. The van der Waals surface area contributed by atoms with Crippen LogP contribution in [0, 0.1) is 0 Å². The Balaban J connectivity index is 1.75. The van der Waals surface area contributed by atoms with Crippen molar-refractivity contribution in [3.05, 3.63) is 29.8 Å². The predicted molar refractivity (Wildman–Crippen MR) is 125 cm³/mol. The zero-order valence-corrected chi connectivity index (χ0v) is 20.1. The van der Waals surface area contributed by atoms with Crippen LogP contribution in [0.1, 0.15) is 57.4 Å². The van der Waals surface area contributed by atoms with Crippen molar-refractivity contribution in [3.8, 4) is 5.75 Å². The summed E-state index contributed by atoms with van der Waals surface area (Å²) in [5, 5.41) is 21.9. The van der Waals surface area contributed by atoms with Crippen LogP contribution in [0.2, 0.25) is 24.7 Å². The summed E-state index contributed by atoms with van der Waals surface area (Å²) < 4.78 is 5.97. The minimum atomic E-state index is -1.15. The third-order valence-corrected chi connectivity index (χ3v) is 11.2. The Morgan fingerprint density at radius 1 is 1.13 bits per heavy atom. The highest BCUT2D eigenvalue weighted by Gasteiger charge is 2.32. The third-order valence-electron chi connectivity index (χ3n) is 6.81. The molecule has 0 saturated heterocycles. The summed E-state index contributed by atoms with van der Waals surface area (Å²) in [6.45, 7) is 6.69. The average molecular weight is 436 g/mol. The third kappa shape index (κ3) is 7.71. The standard InChI is InChI=1S/C24H41NO4Si/c1-20(28)25-24(18-26,19-27)15-14-21-10-12-22(13-11-21)29-16-7-17-30(2,3)23-8-5-4-6-9-23/h10-13,23,26-27H,4-9,14-19H2,1-3H3,(H,25,28). The zero-order chi connectivity index (χ0) is 22.0. The van der Waals surface area contributed by atoms with Gasteiger partial charge in [-0.1, -0.05) is 63.4 Å². The topological polar surface area (TPSA) is 78.8 Å². The molecule has 1 amide bonds. The summed E-state index contributed by atoms with van der Waals surface area (Å²) >= 11 is 0. The SMILES string of the molecule is CC(=O)NC(CO)(CO)CCc1ccc(OCCC[Si](C)(C)C2CCCCC2)cc1. The van der Waals surface area contributed by atoms with Gasteiger partial charge >= 0.3 is 0 Å². The summed E-state index contributed by atoms with van der Waals surface area (Å²) in [5.74, 6) is 0.630. The van der Waals surface area contributed by atoms with E-state index in [0.29, 0.717) is 12.8 Å². The molecule has 6 heteroatoms. The van der Waals surface area contributed by atoms with Gasteiger partial charge in [0.25, 0.3) is 0 Å². The lowest BCUT2D eigenvalue weighted by Gasteiger charge is -2.35. The van der Waals surface area contributed by atoms with Crippen LogP contribution in [-0.2, 0) is 11.2 Å². The fourth-order valence-electron chi connectivity index (χ4n) is 4.67. The van der Waals surface area contributed by atoms with Crippen LogP contribution in [0.4, 0.5) is 0 Å². The molecule has 0 atom stereocenters. The quantitative estimate of drug-likeness (QED) is 0.338. The van der Waals surface area contributed by atoms with E-state index in [0.717, 1.165) is 29.9 Å². The largest absolute Gasteiger partial charge is 0.494 e. The molecule has 5 nitrogen and oxygen atoms in total. The number of aryl methyl sites for hydroxylation is 1. The van der Waals surface area contributed by atoms with Gasteiger partial charge in [-0.3, -0.25) is 4.79 Å². The number of carbonyl (C=O) groups is 1. The van der Waals surface area contributed by atoms with Crippen molar-refractivity contribution >= 4 is 14.0 Å². The Bertz CT molecular complexity index is 637. The van der Waals surface area contributed by atoms with Gasteiger partial charge in [0.15, 0.2) is 0 Å². The van der Waals surface area contributed by atoms with Crippen molar-refractivity contribution in [2.45, 2.75) is 88.5 Å². The molecular formula is C24H41NO4Si. The summed E-state index contributed by atoms with van der Waals surface area (Å²) in [6, 6.07) is 9.34. The van der Waals surface area contributed by atoms with Gasteiger partial charge in [-0.15, -0.1) is 0 Å². The smallest absolute Gasteiger partial charge is 0.217 e. The highest BCUT2D eigenvalue weighted by atomic mass is 28.3. The van der Waals surface area contributed by atoms with Crippen LogP contribution in [0.25, 0.3) is 0 Å². The molecule has 0 aromatic heterocycles. The number of rotatable bonds is 12. The molecule has 2 rings (SSSR count). The molecule has 0 radical (unpaired) electrons. The number of carbonyl (C=O) groups excluding carboxylic acids is 1. The van der Waals surface area contributed by atoms with Crippen molar-refractivity contribution in [2.75, 3.05) is 19.8 Å². The molecule has 1 aliphatic carbocycles. The number of hydrogen-bond donors (Lipinski definition) is 3. The van der Waals surface area contributed by atoms with E-state index in [-0.39, 0.29) is 19.1 Å². The first-order chi connectivity index (χ1) is 14.3. The van der Waals surface area contributed by atoms with Gasteiger partial charge in [0.1, 0.15) is 5.75 Å². The maximum atomic E-state index is 11.4. The summed E-state index contributed by atoms with van der Waals surface area (Å²) in [4.78, 5) is 11.4. The van der Waals surface area contributed by atoms with Crippen LogP contribution in [0.3, 0.4) is 0 Å². The van der Waals surface area contributed by atoms with E-state index in [1.807, 2.05) is 24.3 Å². The number of nitrogens with one attached hydrogen (secondary N) is 1. The molecule has 0 aliphatic heterocycles. The molecule has 0 spiro atoms. The van der Waals surface area contributed by atoms with Gasteiger partial charge in [-0.05, 0) is 42.5 Å². The number of amides is 1. The van der Waals surface area contributed by atoms with Gasteiger partial charge in [0.2, 0.25) is 5.91 Å². The van der Waals surface area contributed by atoms with Crippen LogP contribution in [-0.4, -0.2) is 49.6 Å². The van der Waals surface area contributed by atoms with Crippen molar-refractivity contribution < 1.29 is 19.7 Å². The van der Waals surface area contributed by atoms with Crippen molar-refractivity contribution in [1.82, 2.24) is 5.32 Å². The van der Waals surface area contributed by atoms with E-state index >= 15 is 0 Å². The molecule has 30 heavy (non-hydrogen) atoms. The fraction of sp³-hybridized carbons (Fsp3) is 0.708. The predicted octanol–water partition coefficient (Wildman–Crippen LogP) is 4.29. The Morgan fingerprint density at radius 3 is 2.33 bits per heavy atom. The lowest BCUT2D eigenvalue weighted by atomic mass is 9.92. The van der Waals surface area contributed by atoms with Gasteiger partial charge < -0.3 is 20.3 Å². The lowest BCUT2D eigenvalue weighted by Crippen LogP contribution is -2.53.